The number of morpholine rings is 1. The third kappa shape index (κ3) is 2.46. The van der Waals surface area contributed by atoms with Crippen molar-refractivity contribution in [3.8, 4) is 10.6 Å². The Bertz CT molecular complexity index is 515. The minimum Gasteiger partial charge on any atom is -0.369 e. The fourth-order valence-electron chi connectivity index (χ4n) is 2.02. The number of benzene rings is 1. The van der Waals surface area contributed by atoms with Gasteiger partial charge in [-0.3, -0.25) is 0 Å². The van der Waals surface area contributed by atoms with Gasteiger partial charge in [0.1, 0.15) is 11.1 Å². The van der Waals surface area contributed by atoms with Crippen molar-refractivity contribution < 1.29 is 4.74 Å². The minimum absolute atomic E-state index is 0.106. The van der Waals surface area contributed by atoms with Gasteiger partial charge in [0.2, 0.25) is 0 Å². The molecule has 2 aromatic rings. The van der Waals surface area contributed by atoms with Crippen LogP contribution in [0.15, 0.2) is 29.6 Å². The second-order valence-corrected chi connectivity index (χ2v) is 5.37. The third-order valence-corrected chi connectivity index (χ3v) is 3.99. The number of hydrogen-bond donors (Lipinski definition) is 1. The predicted molar refractivity (Wildman–Crippen MR) is 73.8 cm³/mol. The molecule has 0 radical (unpaired) electrons. The van der Waals surface area contributed by atoms with Crippen molar-refractivity contribution in [1.82, 2.24) is 10.3 Å². The highest BCUT2D eigenvalue weighted by molar-refractivity contribution is 7.13. The van der Waals surface area contributed by atoms with Crippen molar-refractivity contribution in [3.63, 3.8) is 0 Å². The predicted octanol–water partition coefficient (Wildman–Crippen LogP) is 2.78. The molecule has 94 valence electrons. The molecule has 1 aliphatic rings. The molecule has 2 heterocycles. The monoisotopic (exact) mass is 260 g/mol. The van der Waals surface area contributed by atoms with Gasteiger partial charge in [0.25, 0.3) is 0 Å². The summed E-state index contributed by atoms with van der Waals surface area (Å²) in [6.45, 7) is 4.66. The lowest BCUT2D eigenvalue weighted by Crippen LogP contribution is -2.33. The van der Waals surface area contributed by atoms with Gasteiger partial charge in [-0.2, -0.15) is 0 Å². The van der Waals surface area contributed by atoms with E-state index in [2.05, 4.69) is 46.9 Å². The van der Waals surface area contributed by atoms with Gasteiger partial charge in [0.05, 0.1) is 12.3 Å². The van der Waals surface area contributed by atoms with Gasteiger partial charge >= 0.3 is 0 Å². The van der Waals surface area contributed by atoms with Crippen molar-refractivity contribution in [3.05, 3.63) is 40.9 Å². The Labute approximate surface area is 111 Å². The third-order valence-electron chi connectivity index (χ3n) is 3.08. The highest BCUT2D eigenvalue weighted by Gasteiger charge is 2.18. The van der Waals surface area contributed by atoms with Crippen LogP contribution in [0, 0.1) is 6.92 Å². The Hall–Kier alpha value is -1.23. The van der Waals surface area contributed by atoms with Gasteiger partial charge in [-0.25, -0.2) is 4.98 Å². The molecule has 0 bridgehead atoms. The van der Waals surface area contributed by atoms with Crippen molar-refractivity contribution in [2.24, 2.45) is 0 Å². The fraction of sp³-hybridized carbons (Fsp3) is 0.357. The summed E-state index contributed by atoms with van der Waals surface area (Å²) in [4.78, 5) is 4.69. The fourth-order valence-corrected chi connectivity index (χ4v) is 2.89. The van der Waals surface area contributed by atoms with E-state index in [-0.39, 0.29) is 6.10 Å². The number of aryl methyl sites for hydroxylation is 1. The highest BCUT2D eigenvalue weighted by Crippen LogP contribution is 2.28. The molecular formula is C14H16N2OS. The van der Waals surface area contributed by atoms with Crippen LogP contribution >= 0.6 is 11.3 Å². The van der Waals surface area contributed by atoms with Crippen molar-refractivity contribution in [1.29, 1.82) is 0 Å². The molecule has 1 N–H and O–H groups in total. The van der Waals surface area contributed by atoms with Crippen LogP contribution in [0.1, 0.15) is 17.4 Å². The Kier molecular flexibility index (Phi) is 3.41. The van der Waals surface area contributed by atoms with Gasteiger partial charge in [0.15, 0.2) is 0 Å². The van der Waals surface area contributed by atoms with Gasteiger partial charge < -0.3 is 10.1 Å². The first-order valence-corrected chi connectivity index (χ1v) is 7.06. The maximum Gasteiger partial charge on any atom is 0.123 e. The molecule has 0 amide bonds. The maximum absolute atomic E-state index is 5.71. The quantitative estimate of drug-likeness (QED) is 0.901. The SMILES string of the molecule is Cc1ccc(-c2nc(C3CNCCO3)cs2)cc1. The lowest BCUT2D eigenvalue weighted by atomic mass is 10.1. The van der Waals surface area contributed by atoms with E-state index in [4.69, 9.17) is 4.74 Å². The van der Waals surface area contributed by atoms with Gasteiger partial charge in [-0.05, 0) is 6.92 Å². The molecule has 3 rings (SSSR count). The minimum atomic E-state index is 0.106. The second kappa shape index (κ2) is 5.18. The normalized spacial score (nSPS) is 19.9. The summed E-state index contributed by atoms with van der Waals surface area (Å²) in [7, 11) is 0. The first-order chi connectivity index (χ1) is 8.83. The molecule has 0 aliphatic carbocycles. The summed E-state index contributed by atoms with van der Waals surface area (Å²) in [5, 5.41) is 6.50. The van der Waals surface area contributed by atoms with Crippen molar-refractivity contribution >= 4 is 11.3 Å². The lowest BCUT2D eigenvalue weighted by Gasteiger charge is -2.21. The summed E-state index contributed by atoms with van der Waals surface area (Å²) in [6.07, 6.45) is 0.106. The molecule has 1 atom stereocenters. The van der Waals surface area contributed by atoms with E-state index in [0.29, 0.717) is 0 Å². The molecule has 1 aliphatic heterocycles. The van der Waals surface area contributed by atoms with Crippen molar-refractivity contribution in [2.45, 2.75) is 13.0 Å². The maximum atomic E-state index is 5.71. The molecule has 0 saturated carbocycles. The van der Waals surface area contributed by atoms with Crippen LogP contribution in [0.5, 0.6) is 0 Å². The van der Waals surface area contributed by atoms with E-state index >= 15 is 0 Å². The number of rotatable bonds is 2. The Balaban J connectivity index is 1.82. The number of nitrogens with one attached hydrogen (secondary N) is 1. The standard InChI is InChI=1S/C14H16N2OS/c1-10-2-4-11(5-3-10)14-16-12(9-18-14)13-8-15-6-7-17-13/h2-5,9,13,15H,6-8H2,1H3. The Morgan fingerprint density at radius 2 is 2.17 bits per heavy atom. The van der Waals surface area contributed by atoms with E-state index in [0.717, 1.165) is 30.4 Å². The molecule has 1 unspecified atom stereocenters. The van der Waals surface area contributed by atoms with Gasteiger partial charge in [-0.15, -0.1) is 11.3 Å². The summed E-state index contributed by atoms with van der Waals surface area (Å²) in [5.74, 6) is 0. The summed E-state index contributed by atoms with van der Waals surface area (Å²) >= 11 is 1.68. The zero-order valence-corrected chi connectivity index (χ0v) is 11.2. The topological polar surface area (TPSA) is 34.2 Å². The van der Waals surface area contributed by atoms with E-state index in [1.54, 1.807) is 11.3 Å². The number of thiazole rings is 1. The van der Waals surface area contributed by atoms with Crippen LogP contribution in [-0.2, 0) is 4.74 Å². The van der Waals surface area contributed by atoms with Gasteiger partial charge in [0, 0.05) is 24.0 Å². The second-order valence-electron chi connectivity index (χ2n) is 4.51. The van der Waals surface area contributed by atoms with E-state index in [1.165, 1.54) is 11.1 Å². The van der Waals surface area contributed by atoms with E-state index < -0.39 is 0 Å². The molecule has 1 aromatic heterocycles. The van der Waals surface area contributed by atoms with Crippen LogP contribution in [0.2, 0.25) is 0 Å². The summed E-state index contributed by atoms with van der Waals surface area (Å²) in [6, 6.07) is 8.49. The first kappa shape index (κ1) is 11.8. The number of hydrogen-bond acceptors (Lipinski definition) is 4. The van der Waals surface area contributed by atoms with Crippen molar-refractivity contribution in [2.75, 3.05) is 19.7 Å². The number of aromatic nitrogens is 1. The lowest BCUT2D eigenvalue weighted by molar-refractivity contribution is 0.0254. The average Bonchev–Trinajstić information content (AvgIpc) is 2.90. The van der Waals surface area contributed by atoms with Crippen LogP contribution in [0.25, 0.3) is 10.6 Å². The molecule has 4 heteroatoms. The summed E-state index contributed by atoms with van der Waals surface area (Å²) in [5.41, 5.74) is 3.50. The van der Waals surface area contributed by atoms with E-state index in [1.807, 2.05) is 0 Å². The Morgan fingerprint density at radius 3 is 2.89 bits per heavy atom. The zero-order chi connectivity index (χ0) is 12.4. The largest absolute Gasteiger partial charge is 0.369 e. The molecule has 18 heavy (non-hydrogen) atoms. The van der Waals surface area contributed by atoms with Crippen LogP contribution in [0.4, 0.5) is 0 Å². The molecule has 1 fully saturated rings. The number of nitrogens with zero attached hydrogens (tertiary/aromatic N) is 1. The number of ether oxygens (including phenoxy) is 1. The molecule has 1 saturated heterocycles. The van der Waals surface area contributed by atoms with Crippen LogP contribution < -0.4 is 5.32 Å². The highest BCUT2D eigenvalue weighted by atomic mass is 32.1. The van der Waals surface area contributed by atoms with Crippen LogP contribution in [0.3, 0.4) is 0 Å². The van der Waals surface area contributed by atoms with E-state index in [9.17, 15) is 0 Å². The first-order valence-electron chi connectivity index (χ1n) is 6.18. The molecule has 0 spiro atoms. The zero-order valence-electron chi connectivity index (χ0n) is 10.3. The summed E-state index contributed by atoms with van der Waals surface area (Å²) < 4.78 is 5.71. The van der Waals surface area contributed by atoms with Gasteiger partial charge in [-0.1, -0.05) is 29.8 Å². The smallest absolute Gasteiger partial charge is 0.123 e. The van der Waals surface area contributed by atoms with Crippen LogP contribution in [-0.4, -0.2) is 24.7 Å². The molecule has 3 nitrogen and oxygen atoms in total. The molecular weight excluding hydrogens is 244 g/mol. The molecule has 1 aromatic carbocycles. The Morgan fingerprint density at radius 1 is 1.33 bits per heavy atom. The average molecular weight is 260 g/mol.